The highest BCUT2D eigenvalue weighted by Crippen LogP contribution is 2.24. The van der Waals surface area contributed by atoms with Crippen LogP contribution < -0.4 is 5.46 Å². The first kappa shape index (κ1) is 16.3. The second-order valence-corrected chi connectivity index (χ2v) is 6.86. The lowest BCUT2D eigenvalue weighted by molar-refractivity contribution is 0.0990. The fourth-order valence-corrected chi connectivity index (χ4v) is 3.80. The van der Waals surface area contributed by atoms with E-state index in [-0.39, 0.29) is 24.6 Å². The van der Waals surface area contributed by atoms with Gasteiger partial charge in [0.25, 0.3) is 0 Å². The number of nitrogens with zero attached hydrogens (tertiary/aromatic N) is 1. The number of hydrogen-bond acceptors (Lipinski definition) is 6. The molecule has 0 amide bonds. The van der Waals surface area contributed by atoms with E-state index in [1.165, 1.54) is 18.3 Å². The maximum absolute atomic E-state index is 12.5. The van der Waals surface area contributed by atoms with Crippen molar-refractivity contribution in [1.82, 2.24) is 4.98 Å². The Balaban J connectivity index is 1.88. The van der Waals surface area contributed by atoms with Crippen molar-refractivity contribution >= 4 is 47.1 Å². The SMILES string of the molecule is CC(=O)c1sc(CC(=O)c2cc3c(cc2Cl)COB3O)nc1C. The largest absolute Gasteiger partial charge is 0.491 e. The summed E-state index contributed by atoms with van der Waals surface area (Å²) >= 11 is 7.40. The van der Waals surface area contributed by atoms with Crippen molar-refractivity contribution in [2.75, 3.05) is 0 Å². The third kappa shape index (κ3) is 3.10. The van der Waals surface area contributed by atoms with Crippen LogP contribution in [0.4, 0.5) is 0 Å². The molecule has 0 radical (unpaired) electrons. The summed E-state index contributed by atoms with van der Waals surface area (Å²) in [6.07, 6.45) is 0.0637. The van der Waals surface area contributed by atoms with Gasteiger partial charge in [-0.25, -0.2) is 4.98 Å². The lowest BCUT2D eigenvalue weighted by Gasteiger charge is -2.06. The molecule has 2 heterocycles. The van der Waals surface area contributed by atoms with Crippen LogP contribution in [0.15, 0.2) is 12.1 Å². The zero-order valence-electron chi connectivity index (χ0n) is 12.6. The molecule has 1 aromatic carbocycles. The molecule has 118 valence electrons. The van der Waals surface area contributed by atoms with Crippen molar-refractivity contribution in [3.63, 3.8) is 0 Å². The van der Waals surface area contributed by atoms with E-state index >= 15 is 0 Å². The van der Waals surface area contributed by atoms with Gasteiger partial charge in [-0.05, 0) is 30.1 Å². The molecule has 0 spiro atoms. The zero-order valence-corrected chi connectivity index (χ0v) is 14.1. The number of fused-ring (bicyclic) bond motifs is 1. The predicted molar refractivity (Wildman–Crippen MR) is 88.7 cm³/mol. The first-order valence-corrected chi connectivity index (χ1v) is 8.18. The van der Waals surface area contributed by atoms with Crippen LogP contribution in [0.25, 0.3) is 0 Å². The van der Waals surface area contributed by atoms with Gasteiger partial charge in [-0.1, -0.05) is 11.6 Å². The molecule has 0 atom stereocenters. The van der Waals surface area contributed by atoms with Crippen LogP contribution in [0.1, 0.15) is 43.2 Å². The summed E-state index contributed by atoms with van der Waals surface area (Å²) in [5.74, 6) is -0.268. The molecule has 0 fully saturated rings. The molecule has 0 unspecified atom stereocenters. The Hall–Kier alpha value is -1.54. The van der Waals surface area contributed by atoms with Crippen molar-refractivity contribution in [3.8, 4) is 0 Å². The van der Waals surface area contributed by atoms with Gasteiger partial charge in [0.15, 0.2) is 11.6 Å². The average molecular weight is 350 g/mol. The van der Waals surface area contributed by atoms with Gasteiger partial charge in [-0.3, -0.25) is 9.59 Å². The van der Waals surface area contributed by atoms with Gasteiger partial charge >= 0.3 is 7.12 Å². The van der Waals surface area contributed by atoms with Crippen molar-refractivity contribution < 1.29 is 19.3 Å². The van der Waals surface area contributed by atoms with Crippen molar-refractivity contribution in [1.29, 1.82) is 0 Å². The molecule has 2 aromatic rings. The summed E-state index contributed by atoms with van der Waals surface area (Å²) in [5, 5.41) is 10.6. The van der Waals surface area contributed by atoms with Crippen LogP contribution in [0.5, 0.6) is 0 Å². The summed E-state index contributed by atoms with van der Waals surface area (Å²) in [4.78, 5) is 28.8. The Morgan fingerprint density at radius 3 is 2.87 bits per heavy atom. The minimum Gasteiger partial charge on any atom is -0.423 e. The van der Waals surface area contributed by atoms with Gasteiger partial charge in [0.1, 0.15) is 5.01 Å². The number of halogens is 1. The summed E-state index contributed by atoms with van der Waals surface area (Å²) in [6, 6.07) is 3.22. The van der Waals surface area contributed by atoms with E-state index in [0.717, 1.165) is 5.56 Å². The summed E-state index contributed by atoms with van der Waals surface area (Å²) in [6.45, 7) is 3.50. The molecule has 1 aliphatic heterocycles. The van der Waals surface area contributed by atoms with Crippen LogP contribution in [-0.2, 0) is 17.7 Å². The highest BCUT2D eigenvalue weighted by molar-refractivity contribution is 7.13. The average Bonchev–Trinajstić information content (AvgIpc) is 3.01. The Labute approximate surface area is 142 Å². The summed E-state index contributed by atoms with van der Waals surface area (Å²) < 4.78 is 5.11. The zero-order chi connectivity index (χ0) is 16.7. The lowest BCUT2D eigenvalue weighted by atomic mass is 9.78. The molecule has 1 N–H and O–H groups in total. The third-order valence-corrected chi connectivity index (χ3v) is 5.24. The van der Waals surface area contributed by atoms with Gasteiger partial charge in [-0.2, -0.15) is 0 Å². The molecule has 0 aliphatic carbocycles. The molecule has 0 saturated heterocycles. The number of thiazole rings is 1. The number of carbonyl (C=O) groups is 2. The van der Waals surface area contributed by atoms with E-state index in [9.17, 15) is 14.6 Å². The van der Waals surface area contributed by atoms with Gasteiger partial charge in [0.05, 0.1) is 28.6 Å². The molecular formula is C15H13BClNO4S. The topological polar surface area (TPSA) is 76.5 Å². The van der Waals surface area contributed by atoms with Crippen LogP contribution in [-0.4, -0.2) is 28.7 Å². The van der Waals surface area contributed by atoms with E-state index in [0.29, 0.717) is 31.6 Å². The smallest absolute Gasteiger partial charge is 0.423 e. The van der Waals surface area contributed by atoms with E-state index in [4.69, 9.17) is 16.3 Å². The van der Waals surface area contributed by atoms with E-state index in [1.807, 2.05) is 0 Å². The minimum absolute atomic E-state index is 0.0606. The molecule has 1 aromatic heterocycles. The lowest BCUT2D eigenvalue weighted by Crippen LogP contribution is -2.29. The van der Waals surface area contributed by atoms with Crippen molar-refractivity contribution in [2.24, 2.45) is 0 Å². The quantitative estimate of drug-likeness (QED) is 0.674. The highest BCUT2D eigenvalue weighted by atomic mass is 35.5. The Morgan fingerprint density at radius 1 is 1.48 bits per heavy atom. The summed E-state index contributed by atoms with van der Waals surface area (Å²) in [7, 11) is -1.03. The van der Waals surface area contributed by atoms with Crippen LogP contribution in [0.3, 0.4) is 0 Å². The maximum atomic E-state index is 12.5. The van der Waals surface area contributed by atoms with Gasteiger partial charge in [-0.15, -0.1) is 11.3 Å². The van der Waals surface area contributed by atoms with Crippen LogP contribution in [0, 0.1) is 6.92 Å². The molecule has 0 bridgehead atoms. The molecule has 23 heavy (non-hydrogen) atoms. The molecule has 0 saturated carbocycles. The second-order valence-electron chi connectivity index (χ2n) is 5.37. The van der Waals surface area contributed by atoms with Crippen LogP contribution in [0.2, 0.25) is 5.02 Å². The van der Waals surface area contributed by atoms with Crippen molar-refractivity contribution in [2.45, 2.75) is 26.9 Å². The molecule has 5 nitrogen and oxygen atoms in total. The number of Topliss-reactive ketones (excluding diaryl/α,β-unsaturated/α-hetero) is 2. The maximum Gasteiger partial charge on any atom is 0.491 e. The normalized spacial score (nSPS) is 13.3. The Kier molecular flexibility index (Phi) is 4.38. The van der Waals surface area contributed by atoms with E-state index < -0.39 is 7.12 Å². The molecular weight excluding hydrogens is 337 g/mol. The predicted octanol–water partition coefficient (Wildman–Crippen LogP) is 1.95. The number of aromatic nitrogens is 1. The number of carbonyl (C=O) groups excluding carboxylic acids is 2. The van der Waals surface area contributed by atoms with Crippen LogP contribution >= 0.6 is 22.9 Å². The van der Waals surface area contributed by atoms with Gasteiger partial charge in [0.2, 0.25) is 0 Å². The number of rotatable bonds is 4. The fourth-order valence-electron chi connectivity index (χ4n) is 2.55. The van der Waals surface area contributed by atoms with E-state index in [2.05, 4.69) is 4.98 Å². The summed E-state index contributed by atoms with van der Waals surface area (Å²) in [5.41, 5.74) is 2.31. The van der Waals surface area contributed by atoms with E-state index in [1.54, 1.807) is 19.1 Å². The fraction of sp³-hybridized carbons (Fsp3) is 0.267. The Bertz CT molecular complexity index is 820. The first-order valence-electron chi connectivity index (χ1n) is 6.99. The number of aryl methyl sites for hydroxylation is 1. The molecule has 1 aliphatic rings. The van der Waals surface area contributed by atoms with Crippen molar-refractivity contribution in [3.05, 3.63) is 43.9 Å². The van der Waals surface area contributed by atoms with Gasteiger partial charge < -0.3 is 9.68 Å². The number of benzene rings is 1. The number of hydrogen-bond donors (Lipinski definition) is 1. The third-order valence-electron chi connectivity index (χ3n) is 3.66. The molecule has 8 heteroatoms. The molecule has 3 rings (SSSR count). The minimum atomic E-state index is -1.03. The second kappa shape index (κ2) is 6.16. The highest BCUT2D eigenvalue weighted by Gasteiger charge is 2.29. The Morgan fingerprint density at radius 2 is 2.22 bits per heavy atom. The standard InChI is InChI=1S/C15H13BClNO4S/c1-7-15(8(2)19)23-14(18-7)5-13(20)10-4-11-9(3-12(10)17)6-22-16(11)21/h3-4,21H,5-6H2,1-2H3. The van der Waals surface area contributed by atoms with Gasteiger partial charge in [0, 0.05) is 12.5 Å². The first-order chi connectivity index (χ1) is 10.9. The monoisotopic (exact) mass is 349 g/mol. The number of ketones is 2.